The Morgan fingerprint density at radius 3 is 2.69 bits per heavy atom. The topological polar surface area (TPSA) is 77.8 Å². The fourth-order valence-electron chi connectivity index (χ4n) is 1.36. The van der Waals surface area contributed by atoms with E-state index in [4.69, 9.17) is 10.2 Å². The highest BCUT2D eigenvalue weighted by Gasteiger charge is 2.32. The molecule has 1 aliphatic carbocycles. The van der Waals surface area contributed by atoms with E-state index in [-0.39, 0.29) is 12.0 Å². The van der Waals surface area contributed by atoms with Crippen molar-refractivity contribution >= 4 is 5.97 Å². The second-order valence-electron chi connectivity index (χ2n) is 3.10. The Morgan fingerprint density at radius 1 is 1.62 bits per heavy atom. The van der Waals surface area contributed by atoms with Crippen LogP contribution in [-0.4, -0.2) is 40.2 Å². The molecular formula is C8H11FO4. The number of carbonyl (C=O) groups is 1. The molecule has 0 bridgehead atoms. The normalized spacial score (nSPS) is 34.1. The van der Waals surface area contributed by atoms with E-state index in [1.807, 2.05) is 0 Å². The van der Waals surface area contributed by atoms with E-state index < -0.39 is 30.8 Å². The SMILES string of the molecule is O=C(O)C1=C[C@@H](O)[C@@H](O)[C@H](CF)C1. The van der Waals surface area contributed by atoms with Crippen LogP contribution in [0.25, 0.3) is 0 Å². The van der Waals surface area contributed by atoms with E-state index in [1.165, 1.54) is 0 Å². The molecule has 0 aliphatic heterocycles. The first-order valence-electron chi connectivity index (χ1n) is 3.92. The van der Waals surface area contributed by atoms with Gasteiger partial charge in [0, 0.05) is 11.5 Å². The summed E-state index contributed by atoms with van der Waals surface area (Å²) in [6.07, 6.45) is -1.46. The third-order valence-electron chi connectivity index (χ3n) is 2.16. The number of carboxylic acid groups (broad SMARTS) is 1. The standard InChI is InChI=1S/C8H11FO4/c9-3-5-1-4(8(12)13)2-6(10)7(5)11/h2,5-7,10-11H,1,3H2,(H,12,13)/t5-,6+,7-/m0/s1. The van der Waals surface area contributed by atoms with E-state index in [0.29, 0.717) is 0 Å². The largest absolute Gasteiger partial charge is 0.478 e. The summed E-state index contributed by atoms with van der Waals surface area (Å²) in [4.78, 5) is 10.5. The Morgan fingerprint density at radius 2 is 2.23 bits per heavy atom. The van der Waals surface area contributed by atoms with Crippen molar-refractivity contribution in [3.8, 4) is 0 Å². The molecule has 0 fully saturated rings. The molecule has 3 N–H and O–H groups in total. The van der Waals surface area contributed by atoms with E-state index in [9.17, 15) is 14.3 Å². The molecule has 5 heteroatoms. The van der Waals surface area contributed by atoms with Crippen LogP contribution in [0.4, 0.5) is 4.39 Å². The molecule has 4 nitrogen and oxygen atoms in total. The lowest BCUT2D eigenvalue weighted by Crippen LogP contribution is -2.38. The van der Waals surface area contributed by atoms with E-state index in [0.717, 1.165) is 6.08 Å². The number of aliphatic hydroxyl groups excluding tert-OH is 2. The molecule has 0 spiro atoms. The summed E-state index contributed by atoms with van der Waals surface area (Å²) in [5, 5.41) is 26.9. The molecule has 0 heterocycles. The van der Waals surface area contributed by atoms with Crippen molar-refractivity contribution in [3.63, 3.8) is 0 Å². The molecule has 0 saturated carbocycles. The summed E-state index contributed by atoms with van der Waals surface area (Å²) in [5.74, 6) is -1.99. The number of aliphatic carboxylic acids is 1. The summed E-state index contributed by atoms with van der Waals surface area (Å²) in [7, 11) is 0. The molecule has 0 saturated heterocycles. The van der Waals surface area contributed by atoms with Crippen LogP contribution in [-0.2, 0) is 4.79 Å². The van der Waals surface area contributed by atoms with Gasteiger partial charge in [0.15, 0.2) is 0 Å². The number of hydrogen-bond donors (Lipinski definition) is 3. The van der Waals surface area contributed by atoms with Gasteiger partial charge in [0.1, 0.15) is 0 Å². The number of halogens is 1. The van der Waals surface area contributed by atoms with Gasteiger partial charge in [-0.15, -0.1) is 0 Å². The zero-order valence-electron chi connectivity index (χ0n) is 6.85. The van der Waals surface area contributed by atoms with Crippen LogP contribution in [0.1, 0.15) is 6.42 Å². The van der Waals surface area contributed by atoms with Crippen LogP contribution in [0.2, 0.25) is 0 Å². The van der Waals surface area contributed by atoms with Crippen LogP contribution in [0.5, 0.6) is 0 Å². The van der Waals surface area contributed by atoms with Crippen molar-refractivity contribution in [1.82, 2.24) is 0 Å². The molecule has 0 aromatic heterocycles. The summed E-state index contributed by atoms with van der Waals surface area (Å²) in [6.45, 7) is -0.831. The monoisotopic (exact) mass is 190 g/mol. The Hall–Kier alpha value is -0.940. The zero-order chi connectivity index (χ0) is 10.0. The van der Waals surface area contributed by atoms with Crippen molar-refractivity contribution in [2.24, 2.45) is 5.92 Å². The van der Waals surface area contributed by atoms with Crippen LogP contribution in [0.15, 0.2) is 11.6 Å². The molecule has 74 valence electrons. The average molecular weight is 190 g/mol. The van der Waals surface area contributed by atoms with E-state index >= 15 is 0 Å². The number of carboxylic acids is 1. The van der Waals surface area contributed by atoms with Gasteiger partial charge in [0.2, 0.25) is 0 Å². The molecule has 0 aromatic carbocycles. The fourth-order valence-corrected chi connectivity index (χ4v) is 1.36. The molecule has 1 rings (SSSR count). The van der Waals surface area contributed by atoms with Gasteiger partial charge in [-0.05, 0) is 12.5 Å². The lowest BCUT2D eigenvalue weighted by molar-refractivity contribution is -0.133. The van der Waals surface area contributed by atoms with Crippen molar-refractivity contribution in [2.75, 3.05) is 6.67 Å². The third-order valence-corrected chi connectivity index (χ3v) is 2.16. The van der Waals surface area contributed by atoms with Crippen molar-refractivity contribution in [2.45, 2.75) is 18.6 Å². The molecule has 0 amide bonds. The lowest BCUT2D eigenvalue weighted by Gasteiger charge is -2.27. The summed E-state index contributed by atoms with van der Waals surface area (Å²) in [5.41, 5.74) is -0.0412. The number of alkyl halides is 1. The van der Waals surface area contributed by atoms with Crippen LogP contribution >= 0.6 is 0 Å². The van der Waals surface area contributed by atoms with E-state index in [1.54, 1.807) is 0 Å². The summed E-state index contributed by atoms with van der Waals surface area (Å²) in [6, 6.07) is 0. The van der Waals surface area contributed by atoms with Crippen molar-refractivity contribution in [1.29, 1.82) is 0 Å². The average Bonchev–Trinajstić information content (AvgIpc) is 2.09. The highest BCUT2D eigenvalue weighted by Crippen LogP contribution is 2.25. The van der Waals surface area contributed by atoms with Gasteiger partial charge >= 0.3 is 5.97 Å². The van der Waals surface area contributed by atoms with Crippen LogP contribution in [0, 0.1) is 5.92 Å². The number of aliphatic hydroxyl groups is 2. The Kier molecular flexibility index (Phi) is 3.00. The van der Waals surface area contributed by atoms with Gasteiger partial charge in [-0.2, -0.15) is 0 Å². The van der Waals surface area contributed by atoms with Gasteiger partial charge < -0.3 is 15.3 Å². The fraction of sp³-hybridized carbons (Fsp3) is 0.625. The van der Waals surface area contributed by atoms with Crippen LogP contribution in [0.3, 0.4) is 0 Å². The minimum absolute atomic E-state index is 0.0376. The Balaban J connectivity index is 2.81. The molecule has 0 unspecified atom stereocenters. The predicted octanol–water partition coefficient (Wildman–Crippen LogP) is -0.291. The maximum Gasteiger partial charge on any atom is 0.331 e. The smallest absolute Gasteiger partial charge is 0.331 e. The van der Waals surface area contributed by atoms with Gasteiger partial charge in [-0.3, -0.25) is 4.39 Å². The summed E-state index contributed by atoms with van der Waals surface area (Å²) >= 11 is 0. The first-order valence-corrected chi connectivity index (χ1v) is 3.92. The quantitative estimate of drug-likeness (QED) is 0.559. The van der Waals surface area contributed by atoms with Gasteiger partial charge in [0.05, 0.1) is 18.9 Å². The minimum Gasteiger partial charge on any atom is -0.478 e. The maximum absolute atomic E-state index is 12.2. The van der Waals surface area contributed by atoms with Crippen molar-refractivity contribution < 1.29 is 24.5 Å². The Labute approximate surface area is 74.3 Å². The van der Waals surface area contributed by atoms with Gasteiger partial charge in [-0.1, -0.05) is 0 Å². The molecular weight excluding hydrogens is 179 g/mol. The summed E-state index contributed by atoms with van der Waals surface area (Å²) < 4.78 is 12.2. The lowest BCUT2D eigenvalue weighted by atomic mass is 9.85. The first kappa shape index (κ1) is 10.1. The second kappa shape index (κ2) is 3.85. The molecule has 0 aromatic rings. The second-order valence-corrected chi connectivity index (χ2v) is 3.10. The minimum atomic E-state index is -1.28. The third kappa shape index (κ3) is 2.05. The maximum atomic E-state index is 12.2. The zero-order valence-corrected chi connectivity index (χ0v) is 6.85. The molecule has 1 aliphatic rings. The van der Waals surface area contributed by atoms with E-state index in [2.05, 4.69) is 0 Å². The molecule has 0 radical (unpaired) electrons. The highest BCUT2D eigenvalue weighted by atomic mass is 19.1. The van der Waals surface area contributed by atoms with Gasteiger partial charge in [0.25, 0.3) is 0 Å². The predicted molar refractivity (Wildman–Crippen MR) is 41.8 cm³/mol. The number of hydrogen-bond acceptors (Lipinski definition) is 3. The van der Waals surface area contributed by atoms with Gasteiger partial charge in [-0.25, -0.2) is 4.79 Å². The van der Waals surface area contributed by atoms with Crippen LogP contribution < -0.4 is 0 Å². The molecule has 13 heavy (non-hydrogen) atoms. The number of rotatable bonds is 2. The first-order chi connectivity index (χ1) is 6.06. The Bertz CT molecular complexity index is 238. The van der Waals surface area contributed by atoms with Crippen molar-refractivity contribution in [3.05, 3.63) is 11.6 Å². The highest BCUT2D eigenvalue weighted by molar-refractivity contribution is 5.86. The molecule has 3 atom stereocenters.